The maximum Gasteiger partial charge on any atom is 0.329 e. The molecule has 1 fully saturated rings. The first-order valence-corrected chi connectivity index (χ1v) is 10.7. The molecule has 0 amide bonds. The Labute approximate surface area is 168 Å². The van der Waals surface area contributed by atoms with E-state index in [2.05, 4.69) is 4.90 Å². The third-order valence-corrected chi connectivity index (χ3v) is 7.31. The largest absolute Gasteiger partial charge is 0.329 e. The summed E-state index contributed by atoms with van der Waals surface area (Å²) in [5.41, 5.74) is 1.78. The summed E-state index contributed by atoms with van der Waals surface area (Å²) in [6.45, 7) is 2.03. The van der Waals surface area contributed by atoms with Gasteiger partial charge in [-0.25, -0.2) is 13.2 Å². The van der Waals surface area contributed by atoms with Crippen LogP contribution in [0.3, 0.4) is 0 Å². The Kier molecular flexibility index (Phi) is 5.00. The Hall–Kier alpha value is -2.93. The number of para-hydroxylation sites is 2. The number of aryl methyl sites for hydroxylation is 1. The summed E-state index contributed by atoms with van der Waals surface area (Å²) < 4.78 is 30.7. The molecule has 29 heavy (non-hydrogen) atoms. The van der Waals surface area contributed by atoms with Crippen LogP contribution in [0.1, 0.15) is 5.56 Å². The summed E-state index contributed by atoms with van der Waals surface area (Å²) in [6, 6.07) is 15.8. The van der Waals surface area contributed by atoms with Crippen molar-refractivity contribution in [3.05, 3.63) is 64.6 Å². The average Bonchev–Trinajstić information content (AvgIpc) is 2.99. The van der Waals surface area contributed by atoms with Crippen LogP contribution in [0, 0.1) is 11.3 Å². The lowest BCUT2D eigenvalue weighted by molar-refractivity contribution is 0.152. The average molecular weight is 411 g/mol. The minimum Gasteiger partial charge on any atom is -0.295 e. The van der Waals surface area contributed by atoms with Gasteiger partial charge in [0.15, 0.2) is 0 Å². The molecule has 0 aliphatic carbocycles. The summed E-state index contributed by atoms with van der Waals surface area (Å²) in [5.74, 6) is 0. The fourth-order valence-electron chi connectivity index (χ4n) is 3.73. The molecule has 2 heterocycles. The van der Waals surface area contributed by atoms with Crippen LogP contribution in [0.25, 0.3) is 11.0 Å². The monoisotopic (exact) mass is 411 g/mol. The molecule has 1 saturated heterocycles. The van der Waals surface area contributed by atoms with Gasteiger partial charge in [0.25, 0.3) is 0 Å². The van der Waals surface area contributed by atoms with Crippen LogP contribution in [0.4, 0.5) is 0 Å². The Morgan fingerprint density at radius 1 is 0.966 bits per heavy atom. The van der Waals surface area contributed by atoms with Gasteiger partial charge in [-0.2, -0.15) is 9.57 Å². The molecule has 2 aromatic carbocycles. The highest BCUT2D eigenvalue weighted by molar-refractivity contribution is 7.89. The molecule has 1 aromatic heterocycles. The van der Waals surface area contributed by atoms with E-state index in [1.54, 1.807) is 28.3 Å². The normalized spacial score (nSPS) is 16.1. The predicted molar refractivity (Wildman–Crippen MR) is 109 cm³/mol. The molecule has 9 heteroatoms. The number of imidazole rings is 1. The topological polar surface area (TPSA) is 91.3 Å². The van der Waals surface area contributed by atoms with Crippen molar-refractivity contribution in [2.24, 2.45) is 7.05 Å². The smallest absolute Gasteiger partial charge is 0.295 e. The molecule has 0 unspecified atom stereocenters. The number of rotatable bonds is 4. The lowest BCUT2D eigenvalue weighted by Gasteiger charge is -2.34. The van der Waals surface area contributed by atoms with E-state index >= 15 is 0 Å². The molecular weight excluding hydrogens is 390 g/mol. The van der Waals surface area contributed by atoms with Crippen molar-refractivity contribution in [1.82, 2.24) is 18.3 Å². The minimum absolute atomic E-state index is 0.0428. The van der Waals surface area contributed by atoms with Crippen molar-refractivity contribution in [2.75, 3.05) is 26.2 Å². The van der Waals surface area contributed by atoms with Crippen molar-refractivity contribution in [3.63, 3.8) is 0 Å². The van der Waals surface area contributed by atoms with E-state index in [1.807, 2.05) is 30.3 Å². The first-order chi connectivity index (χ1) is 13.9. The van der Waals surface area contributed by atoms with E-state index < -0.39 is 10.0 Å². The second-order valence-electron chi connectivity index (χ2n) is 7.03. The zero-order valence-corrected chi connectivity index (χ0v) is 16.8. The molecule has 1 aliphatic rings. The summed E-state index contributed by atoms with van der Waals surface area (Å²) in [6.07, 6.45) is 0. The first-order valence-electron chi connectivity index (χ1n) is 9.29. The number of sulfonamides is 1. The van der Waals surface area contributed by atoms with E-state index in [-0.39, 0.29) is 16.1 Å². The number of fused-ring (bicyclic) bond motifs is 1. The van der Waals surface area contributed by atoms with Crippen LogP contribution in [0.2, 0.25) is 0 Å². The van der Waals surface area contributed by atoms with Gasteiger partial charge in [0.05, 0.1) is 28.2 Å². The highest BCUT2D eigenvalue weighted by Gasteiger charge is 2.30. The Morgan fingerprint density at radius 2 is 1.59 bits per heavy atom. The number of hydrogen-bond donors (Lipinski definition) is 0. The Balaban J connectivity index is 1.52. The molecule has 0 atom stereocenters. The molecule has 150 valence electrons. The molecule has 3 aromatic rings. The summed E-state index contributed by atoms with van der Waals surface area (Å²) in [5, 5.41) is 9.23. The maximum atomic E-state index is 13.0. The number of piperazine rings is 1. The molecule has 0 spiro atoms. The van der Waals surface area contributed by atoms with Gasteiger partial charge < -0.3 is 0 Å². The lowest BCUT2D eigenvalue weighted by Crippen LogP contribution is -2.49. The van der Waals surface area contributed by atoms with Gasteiger partial charge in [-0.1, -0.05) is 24.3 Å². The van der Waals surface area contributed by atoms with Crippen LogP contribution in [-0.2, 0) is 23.7 Å². The standard InChI is InChI=1S/C20H21N5O3S/c1-22-17-7-3-4-8-18(17)25(20(22)26)15-23-10-12-24(13-11-23)29(27,28)19-9-5-2-6-16(19)14-21/h2-9H,10-13,15H2,1H3. The zero-order chi connectivity index (χ0) is 20.6. The van der Waals surface area contributed by atoms with Crippen molar-refractivity contribution in [2.45, 2.75) is 11.6 Å². The molecular formula is C20H21N5O3S. The van der Waals surface area contributed by atoms with E-state index in [1.165, 1.54) is 16.4 Å². The van der Waals surface area contributed by atoms with E-state index in [0.29, 0.717) is 32.8 Å². The summed E-state index contributed by atoms with van der Waals surface area (Å²) in [7, 11) is -1.98. The molecule has 1 aliphatic heterocycles. The summed E-state index contributed by atoms with van der Waals surface area (Å²) >= 11 is 0. The van der Waals surface area contributed by atoms with Gasteiger partial charge in [-0.3, -0.25) is 14.0 Å². The highest BCUT2D eigenvalue weighted by atomic mass is 32.2. The van der Waals surface area contributed by atoms with Crippen LogP contribution < -0.4 is 5.69 Å². The zero-order valence-electron chi connectivity index (χ0n) is 16.0. The number of nitrogens with zero attached hydrogens (tertiary/aromatic N) is 5. The van der Waals surface area contributed by atoms with Crippen LogP contribution in [0.15, 0.2) is 58.2 Å². The number of benzene rings is 2. The molecule has 0 bridgehead atoms. The highest BCUT2D eigenvalue weighted by Crippen LogP contribution is 2.21. The lowest BCUT2D eigenvalue weighted by atomic mass is 10.2. The van der Waals surface area contributed by atoms with E-state index in [0.717, 1.165) is 11.0 Å². The quantitative estimate of drug-likeness (QED) is 0.643. The first kappa shape index (κ1) is 19.4. The number of aromatic nitrogens is 2. The second-order valence-corrected chi connectivity index (χ2v) is 8.94. The minimum atomic E-state index is -3.73. The third-order valence-electron chi connectivity index (χ3n) is 5.35. The van der Waals surface area contributed by atoms with E-state index in [4.69, 9.17) is 0 Å². The van der Waals surface area contributed by atoms with E-state index in [9.17, 15) is 18.5 Å². The van der Waals surface area contributed by atoms with Crippen molar-refractivity contribution in [1.29, 1.82) is 5.26 Å². The van der Waals surface area contributed by atoms with Crippen molar-refractivity contribution >= 4 is 21.1 Å². The molecule has 8 nitrogen and oxygen atoms in total. The maximum absolute atomic E-state index is 13.0. The number of hydrogen-bond acceptors (Lipinski definition) is 5. The van der Waals surface area contributed by atoms with Crippen LogP contribution >= 0.6 is 0 Å². The van der Waals surface area contributed by atoms with Gasteiger partial charge in [0, 0.05) is 33.2 Å². The molecule has 4 rings (SSSR count). The van der Waals surface area contributed by atoms with Crippen LogP contribution in [-0.4, -0.2) is 52.9 Å². The van der Waals surface area contributed by atoms with Gasteiger partial charge in [0.1, 0.15) is 6.07 Å². The van der Waals surface area contributed by atoms with Crippen LogP contribution in [0.5, 0.6) is 0 Å². The Morgan fingerprint density at radius 3 is 2.28 bits per heavy atom. The van der Waals surface area contributed by atoms with Gasteiger partial charge in [-0.15, -0.1) is 0 Å². The molecule has 0 saturated carbocycles. The number of nitriles is 1. The van der Waals surface area contributed by atoms with Crippen molar-refractivity contribution in [3.8, 4) is 6.07 Å². The second kappa shape index (κ2) is 7.48. The van der Waals surface area contributed by atoms with Crippen molar-refractivity contribution < 1.29 is 8.42 Å². The Bertz CT molecular complexity index is 1260. The third kappa shape index (κ3) is 3.35. The predicted octanol–water partition coefficient (Wildman–Crippen LogP) is 1.18. The molecule has 0 radical (unpaired) electrons. The van der Waals surface area contributed by atoms with Gasteiger partial charge in [-0.05, 0) is 24.3 Å². The fourth-order valence-corrected chi connectivity index (χ4v) is 5.30. The summed E-state index contributed by atoms with van der Waals surface area (Å²) in [4.78, 5) is 14.7. The molecule has 0 N–H and O–H groups in total. The SMILES string of the molecule is Cn1c(=O)n(CN2CCN(S(=O)(=O)c3ccccc3C#N)CC2)c2ccccc21. The van der Waals surface area contributed by atoms with Gasteiger partial charge in [0.2, 0.25) is 10.0 Å². The fraction of sp³-hybridized carbons (Fsp3) is 0.300. The van der Waals surface area contributed by atoms with Gasteiger partial charge >= 0.3 is 5.69 Å².